The lowest BCUT2D eigenvalue weighted by Crippen LogP contribution is -2.26. The van der Waals surface area contributed by atoms with Crippen molar-refractivity contribution in [3.63, 3.8) is 0 Å². The van der Waals surface area contributed by atoms with Crippen molar-refractivity contribution in [3.05, 3.63) is 29.8 Å². The van der Waals surface area contributed by atoms with Gasteiger partial charge in [-0.1, -0.05) is 12.1 Å². The zero-order valence-corrected chi connectivity index (χ0v) is 10.7. The van der Waals surface area contributed by atoms with Crippen LogP contribution in [0, 0.1) is 0 Å². The molecule has 0 spiro atoms. The highest BCUT2D eigenvalue weighted by molar-refractivity contribution is 8.00. The molecule has 0 bridgehead atoms. The first kappa shape index (κ1) is 12.5. The Balaban J connectivity index is 1.84. The molecule has 3 nitrogen and oxygen atoms in total. The topological polar surface area (TPSA) is 49.3 Å². The van der Waals surface area contributed by atoms with Gasteiger partial charge in [0.05, 0.1) is 11.9 Å². The fourth-order valence-electron chi connectivity index (χ4n) is 1.51. The summed E-state index contributed by atoms with van der Waals surface area (Å²) in [6, 6.07) is 8.11. The quantitative estimate of drug-likeness (QED) is 0.788. The molecular formula is C13H17NO2S. The van der Waals surface area contributed by atoms with Crippen molar-refractivity contribution in [2.45, 2.75) is 36.8 Å². The Kier molecular flexibility index (Phi) is 4.07. The third kappa shape index (κ3) is 4.06. The van der Waals surface area contributed by atoms with Crippen LogP contribution in [0.3, 0.4) is 0 Å². The molecule has 0 radical (unpaired) electrons. The highest BCUT2D eigenvalue weighted by Crippen LogP contribution is 2.23. The Hall–Kier alpha value is -1.00. The molecule has 0 saturated heterocycles. The van der Waals surface area contributed by atoms with Gasteiger partial charge >= 0.3 is 0 Å². The van der Waals surface area contributed by atoms with Crippen LogP contribution >= 0.6 is 11.8 Å². The van der Waals surface area contributed by atoms with Gasteiger partial charge in [-0.2, -0.15) is 0 Å². The van der Waals surface area contributed by atoms with E-state index in [4.69, 9.17) is 0 Å². The fraction of sp³-hybridized carbons (Fsp3) is 0.462. The van der Waals surface area contributed by atoms with E-state index in [9.17, 15) is 9.90 Å². The molecule has 2 N–H and O–H groups in total. The molecule has 0 heterocycles. The number of thioether (sulfide) groups is 1. The smallest absolute Gasteiger partial charge is 0.230 e. The normalized spacial score (nSPS) is 16.6. The summed E-state index contributed by atoms with van der Waals surface area (Å²) in [5.41, 5.74) is 0.887. The lowest BCUT2D eigenvalue weighted by Gasteiger charge is -2.07. The average Bonchev–Trinajstić information content (AvgIpc) is 3.11. The monoisotopic (exact) mass is 251 g/mol. The minimum Gasteiger partial charge on any atom is -0.389 e. The Morgan fingerprint density at radius 1 is 1.59 bits per heavy atom. The number of rotatable bonds is 5. The molecule has 1 aliphatic carbocycles. The summed E-state index contributed by atoms with van der Waals surface area (Å²) >= 11 is 1.51. The summed E-state index contributed by atoms with van der Waals surface area (Å²) in [6.45, 7) is 1.74. The molecule has 17 heavy (non-hydrogen) atoms. The number of nitrogens with one attached hydrogen (secondary N) is 1. The van der Waals surface area contributed by atoms with Gasteiger partial charge in [0, 0.05) is 10.9 Å². The predicted molar refractivity (Wildman–Crippen MR) is 69.0 cm³/mol. The average molecular weight is 251 g/mol. The predicted octanol–water partition coefficient (Wildman–Crippen LogP) is 2.11. The molecule has 1 amide bonds. The summed E-state index contributed by atoms with van der Waals surface area (Å²) in [5, 5.41) is 12.4. The summed E-state index contributed by atoms with van der Waals surface area (Å²) in [5.74, 6) is 0.541. The van der Waals surface area contributed by atoms with Crippen LogP contribution in [-0.4, -0.2) is 22.8 Å². The van der Waals surface area contributed by atoms with Crippen molar-refractivity contribution >= 4 is 17.7 Å². The molecule has 0 aromatic heterocycles. The molecule has 1 aromatic carbocycles. The second-order valence-corrected chi connectivity index (χ2v) is 5.43. The van der Waals surface area contributed by atoms with Gasteiger partial charge in [0.15, 0.2) is 0 Å². The van der Waals surface area contributed by atoms with E-state index in [1.54, 1.807) is 6.92 Å². The Morgan fingerprint density at radius 2 is 2.35 bits per heavy atom. The number of carbonyl (C=O) groups is 1. The van der Waals surface area contributed by atoms with Crippen molar-refractivity contribution < 1.29 is 9.90 Å². The molecule has 0 aliphatic heterocycles. The van der Waals surface area contributed by atoms with Crippen molar-refractivity contribution in [1.82, 2.24) is 5.32 Å². The zero-order valence-electron chi connectivity index (χ0n) is 9.85. The Morgan fingerprint density at radius 3 is 3.00 bits per heavy atom. The first-order valence-electron chi connectivity index (χ1n) is 5.85. The van der Waals surface area contributed by atoms with Crippen LogP contribution in [0.25, 0.3) is 0 Å². The summed E-state index contributed by atoms with van der Waals surface area (Å²) in [6.07, 6.45) is 1.78. The van der Waals surface area contributed by atoms with Crippen molar-refractivity contribution in [2.24, 2.45) is 0 Å². The first-order chi connectivity index (χ1) is 8.15. The second-order valence-electron chi connectivity index (χ2n) is 4.38. The van der Waals surface area contributed by atoms with E-state index in [-0.39, 0.29) is 5.91 Å². The van der Waals surface area contributed by atoms with E-state index < -0.39 is 6.10 Å². The summed E-state index contributed by atoms with van der Waals surface area (Å²) in [7, 11) is 0. The molecule has 4 heteroatoms. The van der Waals surface area contributed by atoms with Crippen LogP contribution < -0.4 is 5.32 Å². The van der Waals surface area contributed by atoms with Crippen molar-refractivity contribution in [1.29, 1.82) is 0 Å². The molecule has 1 aromatic rings. The molecule has 1 unspecified atom stereocenters. The van der Waals surface area contributed by atoms with Gasteiger partial charge in [-0.05, 0) is 37.5 Å². The van der Waals surface area contributed by atoms with Crippen LogP contribution in [0.1, 0.15) is 31.4 Å². The summed E-state index contributed by atoms with van der Waals surface area (Å²) < 4.78 is 0. The van der Waals surface area contributed by atoms with Gasteiger partial charge in [-0.25, -0.2) is 0 Å². The molecule has 1 aliphatic rings. The molecule has 2 rings (SSSR count). The third-order valence-electron chi connectivity index (χ3n) is 2.65. The number of benzene rings is 1. The van der Waals surface area contributed by atoms with Gasteiger partial charge in [0.25, 0.3) is 0 Å². The number of carbonyl (C=O) groups excluding carboxylic acids is 1. The zero-order chi connectivity index (χ0) is 12.3. The molecule has 92 valence electrons. The highest BCUT2D eigenvalue weighted by atomic mass is 32.2. The minimum absolute atomic E-state index is 0.0972. The van der Waals surface area contributed by atoms with E-state index in [0.29, 0.717) is 11.8 Å². The highest BCUT2D eigenvalue weighted by Gasteiger charge is 2.22. The van der Waals surface area contributed by atoms with Gasteiger partial charge in [-0.15, -0.1) is 11.8 Å². The lowest BCUT2D eigenvalue weighted by molar-refractivity contribution is -0.118. The van der Waals surface area contributed by atoms with Crippen LogP contribution in [0.2, 0.25) is 0 Å². The van der Waals surface area contributed by atoms with Crippen LogP contribution in [0.5, 0.6) is 0 Å². The van der Waals surface area contributed by atoms with E-state index in [1.807, 2.05) is 24.3 Å². The number of hydrogen-bond acceptors (Lipinski definition) is 3. The SMILES string of the molecule is CC(O)c1cccc(SCC(=O)NC2CC2)c1. The Labute approximate surface area is 106 Å². The van der Waals surface area contributed by atoms with Gasteiger partial charge in [0.2, 0.25) is 5.91 Å². The van der Waals surface area contributed by atoms with Gasteiger partial charge in [-0.3, -0.25) is 4.79 Å². The number of hydrogen-bond donors (Lipinski definition) is 2. The molecule has 1 atom stereocenters. The van der Waals surface area contributed by atoms with Crippen molar-refractivity contribution in [3.8, 4) is 0 Å². The maximum absolute atomic E-state index is 11.5. The number of aliphatic hydroxyl groups excluding tert-OH is 1. The van der Waals surface area contributed by atoms with Crippen LogP contribution in [0.15, 0.2) is 29.2 Å². The third-order valence-corrected chi connectivity index (χ3v) is 3.65. The van der Waals surface area contributed by atoms with Crippen LogP contribution in [-0.2, 0) is 4.79 Å². The molecule has 1 fully saturated rings. The maximum atomic E-state index is 11.5. The molecular weight excluding hydrogens is 234 g/mol. The maximum Gasteiger partial charge on any atom is 0.230 e. The standard InChI is InChI=1S/C13H17NO2S/c1-9(15)10-3-2-4-12(7-10)17-8-13(16)14-11-5-6-11/h2-4,7,9,11,15H,5-6,8H2,1H3,(H,14,16). The van der Waals surface area contributed by atoms with E-state index in [1.165, 1.54) is 11.8 Å². The number of aliphatic hydroxyl groups is 1. The fourth-order valence-corrected chi connectivity index (χ4v) is 2.29. The van der Waals surface area contributed by atoms with E-state index in [2.05, 4.69) is 5.32 Å². The van der Waals surface area contributed by atoms with Gasteiger partial charge in [0.1, 0.15) is 0 Å². The van der Waals surface area contributed by atoms with Crippen LogP contribution in [0.4, 0.5) is 0 Å². The minimum atomic E-state index is -0.462. The van der Waals surface area contributed by atoms with Gasteiger partial charge < -0.3 is 10.4 Å². The molecule has 1 saturated carbocycles. The Bertz CT molecular complexity index is 402. The van der Waals surface area contributed by atoms with Crippen molar-refractivity contribution in [2.75, 3.05) is 5.75 Å². The lowest BCUT2D eigenvalue weighted by atomic mass is 10.1. The van der Waals surface area contributed by atoms with E-state index in [0.717, 1.165) is 23.3 Å². The number of amides is 1. The first-order valence-corrected chi connectivity index (χ1v) is 6.84. The second kappa shape index (κ2) is 5.56. The largest absolute Gasteiger partial charge is 0.389 e. The summed E-state index contributed by atoms with van der Waals surface area (Å²) in [4.78, 5) is 12.5. The van der Waals surface area contributed by atoms with E-state index >= 15 is 0 Å².